The molecule has 7 nitrogen and oxygen atoms in total. The SMILES string of the molecule is O=C(C1CCN(S(=O)(=O)c2cccc(C(F)(F)F)c2)CC1)N1CCc2[nH]ncc2C1. The summed E-state index contributed by atoms with van der Waals surface area (Å²) in [5, 5.41) is 6.91. The van der Waals surface area contributed by atoms with Crippen LogP contribution >= 0.6 is 0 Å². The fourth-order valence-corrected chi connectivity index (χ4v) is 5.51. The molecule has 0 bridgehead atoms. The van der Waals surface area contributed by atoms with Crippen molar-refractivity contribution in [2.24, 2.45) is 5.92 Å². The number of aromatic nitrogens is 2. The number of hydrogen-bond acceptors (Lipinski definition) is 4. The Balaban J connectivity index is 1.41. The first-order chi connectivity index (χ1) is 14.2. The number of H-pyrrole nitrogens is 1. The predicted octanol–water partition coefficient (Wildman–Crippen LogP) is 2.41. The number of piperidine rings is 1. The number of sulfonamides is 1. The number of nitrogens with zero attached hydrogens (tertiary/aromatic N) is 3. The van der Waals surface area contributed by atoms with Crippen molar-refractivity contribution in [1.29, 1.82) is 0 Å². The first-order valence-electron chi connectivity index (χ1n) is 9.63. The fraction of sp³-hybridized carbons (Fsp3) is 0.474. The normalized spacial score (nSPS) is 19.0. The van der Waals surface area contributed by atoms with Crippen LogP contribution in [-0.2, 0) is 34.0 Å². The fourth-order valence-electron chi connectivity index (χ4n) is 3.99. The number of nitrogens with one attached hydrogen (secondary N) is 1. The second-order valence-corrected chi connectivity index (χ2v) is 9.53. The number of halogens is 3. The molecule has 0 atom stereocenters. The van der Waals surface area contributed by atoms with E-state index in [0.717, 1.165) is 33.8 Å². The highest BCUT2D eigenvalue weighted by Crippen LogP contribution is 2.32. The molecule has 1 saturated heterocycles. The monoisotopic (exact) mass is 442 g/mol. The van der Waals surface area contributed by atoms with Crippen molar-refractivity contribution in [3.63, 3.8) is 0 Å². The lowest BCUT2D eigenvalue weighted by Gasteiger charge is -2.35. The molecular formula is C19H21F3N4O3S. The number of rotatable bonds is 3. The molecule has 162 valence electrons. The smallest absolute Gasteiger partial charge is 0.338 e. The Hall–Kier alpha value is -2.40. The van der Waals surface area contributed by atoms with E-state index in [1.54, 1.807) is 11.1 Å². The van der Waals surface area contributed by atoms with Crippen molar-refractivity contribution in [1.82, 2.24) is 19.4 Å². The molecule has 1 aromatic carbocycles. The highest BCUT2D eigenvalue weighted by Gasteiger charge is 2.36. The standard InChI is InChI=1S/C19H21F3N4O3S/c20-19(21,22)15-2-1-3-16(10-15)30(28,29)26-8-4-13(5-9-26)18(27)25-7-6-17-14(12-25)11-23-24-17/h1-3,10-11,13H,4-9,12H2,(H,23,24). The molecule has 0 unspecified atom stereocenters. The van der Waals surface area contributed by atoms with E-state index < -0.39 is 21.8 Å². The van der Waals surface area contributed by atoms with E-state index >= 15 is 0 Å². The summed E-state index contributed by atoms with van der Waals surface area (Å²) in [6.45, 7) is 1.25. The third-order valence-electron chi connectivity index (χ3n) is 5.71. The highest BCUT2D eigenvalue weighted by atomic mass is 32.2. The Bertz CT molecular complexity index is 1040. The number of carbonyl (C=O) groups excluding carboxylic acids is 1. The molecular weight excluding hydrogens is 421 g/mol. The summed E-state index contributed by atoms with van der Waals surface area (Å²) >= 11 is 0. The maximum Gasteiger partial charge on any atom is 0.416 e. The third-order valence-corrected chi connectivity index (χ3v) is 7.61. The van der Waals surface area contributed by atoms with Crippen LogP contribution in [0.15, 0.2) is 35.4 Å². The van der Waals surface area contributed by atoms with Gasteiger partial charge in [-0.05, 0) is 31.0 Å². The quantitative estimate of drug-likeness (QED) is 0.791. The molecule has 4 rings (SSSR count). The zero-order chi connectivity index (χ0) is 21.5. The van der Waals surface area contributed by atoms with Crippen LogP contribution in [-0.4, -0.2) is 53.4 Å². The van der Waals surface area contributed by atoms with Gasteiger partial charge in [0.15, 0.2) is 0 Å². The van der Waals surface area contributed by atoms with Gasteiger partial charge in [0.05, 0.1) is 16.7 Å². The van der Waals surface area contributed by atoms with Crippen molar-refractivity contribution in [3.8, 4) is 0 Å². The summed E-state index contributed by atoms with van der Waals surface area (Å²) in [7, 11) is -4.06. The van der Waals surface area contributed by atoms with E-state index in [4.69, 9.17) is 0 Å². The van der Waals surface area contributed by atoms with Crippen molar-refractivity contribution < 1.29 is 26.4 Å². The summed E-state index contributed by atoms with van der Waals surface area (Å²) < 4.78 is 65.6. The number of amides is 1. The van der Waals surface area contributed by atoms with Gasteiger partial charge in [0.2, 0.25) is 15.9 Å². The molecule has 1 amide bonds. The number of carbonyl (C=O) groups is 1. The molecule has 2 aliphatic rings. The zero-order valence-electron chi connectivity index (χ0n) is 16.0. The van der Waals surface area contributed by atoms with Crippen LogP contribution in [0.4, 0.5) is 13.2 Å². The lowest BCUT2D eigenvalue weighted by Crippen LogP contribution is -2.45. The molecule has 0 spiro atoms. The second kappa shape index (κ2) is 7.69. The highest BCUT2D eigenvalue weighted by molar-refractivity contribution is 7.89. The van der Waals surface area contributed by atoms with Gasteiger partial charge in [0.1, 0.15) is 0 Å². The minimum atomic E-state index is -4.62. The average molecular weight is 442 g/mol. The summed E-state index contributed by atoms with van der Waals surface area (Å²) in [5.74, 6) is -0.315. The molecule has 2 aliphatic heterocycles. The Kier molecular flexibility index (Phi) is 5.35. The minimum Gasteiger partial charge on any atom is -0.338 e. The van der Waals surface area contributed by atoms with Gasteiger partial charge < -0.3 is 4.90 Å². The van der Waals surface area contributed by atoms with Crippen LogP contribution in [0, 0.1) is 5.92 Å². The number of hydrogen-bond donors (Lipinski definition) is 1. The Labute approximate surface area is 171 Å². The van der Waals surface area contributed by atoms with Gasteiger partial charge in [-0.3, -0.25) is 9.89 Å². The molecule has 30 heavy (non-hydrogen) atoms. The molecule has 1 N–H and O–H groups in total. The van der Waals surface area contributed by atoms with Gasteiger partial charge >= 0.3 is 6.18 Å². The van der Waals surface area contributed by atoms with Crippen LogP contribution in [0.25, 0.3) is 0 Å². The second-order valence-electron chi connectivity index (χ2n) is 7.59. The lowest BCUT2D eigenvalue weighted by atomic mass is 9.95. The molecule has 11 heteroatoms. The van der Waals surface area contributed by atoms with Gasteiger partial charge in [-0.25, -0.2) is 8.42 Å². The molecule has 3 heterocycles. The number of fused-ring (bicyclic) bond motifs is 1. The molecule has 2 aromatic rings. The molecule has 1 fully saturated rings. The predicted molar refractivity (Wildman–Crippen MR) is 101 cm³/mol. The summed E-state index contributed by atoms with van der Waals surface area (Å²) in [4.78, 5) is 14.2. The van der Waals surface area contributed by atoms with Crippen LogP contribution in [0.3, 0.4) is 0 Å². The molecule has 1 aromatic heterocycles. The van der Waals surface area contributed by atoms with Gasteiger partial charge in [0.25, 0.3) is 0 Å². The van der Waals surface area contributed by atoms with Crippen molar-refractivity contribution >= 4 is 15.9 Å². The Morgan fingerprint density at radius 2 is 1.90 bits per heavy atom. The van der Waals surface area contributed by atoms with E-state index in [9.17, 15) is 26.4 Å². The maximum absolute atomic E-state index is 12.9. The zero-order valence-corrected chi connectivity index (χ0v) is 16.8. The van der Waals surface area contributed by atoms with Crippen LogP contribution in [0.2, 0.25) is 0 Å². The summed E-state index contributed by atoms with van der Waals surface area (Å²) in [6.07, 6.45) is -1.53. The van der Waals surface area contributed by atoms with E-state index in [-0.39, 0.29) is 29.8 Å². The van der Waals surface area contributed by atoms with E-state index in [2.05, 4.69) is 10.2 Å². The molecule has 0 radical (unpaired) electrons. The average Bonchev–Trinajstić information content (AvgIpc) is 3.20. The number of alkyl halides is 3. The van der Waals surface area contributed by atoms with Gasteiger partial charge in [-0.15, -0.1) is 0 Å². The lowest BCUT2D eigenvalue weighted by molar-refractivity contribution is -0.138. The molecule has 0 saturated carbocycles. The van der Waals surface area contributed by atoms with E-state index in [1.807, 2.05) is 0 Å². The van der Waals surface area contributed by atoms with Gasteiger partial charge in [0, 0.05) is 49.8 Å². The first kappa shape index (κ1) is 20.9. The minimum absolute atomic E-state index is 0.0158. The van der Waals surface area contributed by atoms with Crippen molar-refractivity contribution in [2.45, 2.75) is 36.9 Å². The largest absolute Gasteiger partial charge is 0.416 e. The van der Waals surface area contributed by atoms with Gasteiger partial charge in [-0.2, -0.15) is 22.6 Å². The summed E-state index contributed by atoms with van der Waals surface area (Å²) in [5.41, 5.74) is 1.01. The topological polar surface area (TPSA) is 86.4 Å². The Morgan fingerprint density at radius 1 is 1.17 bits per heavy atom. The van der Waals surface area contributed by atoms with Crippen molar-refractivity contribution in [3.05, 3.63) is 47.3 Å². The number of aromatic amines is 1. The Morgan fingerprint density at radius 3 is 2.60 bits per heavy atom. The third kappa shape index (κ3) is 3.95. The van der Waals surface area contributed by atoms with Crippen LogP contribution in [0.5, 0.6) is 0 Å². The van der Waals surface area contributed by atoms with Crippen molar-refractivity contribution in [2.75, 3.05) is 19.6 Å². The maximum atomic E-state index is 12.9. The first-order valence-corrected chi connectivity index (χ1v) is 11.1. The van der Waals surface area contributed by atoms with Crippen LogP contribution in [0.1, 0.15) is 29.7 Å². The van der Waals surface area contributed by atoms with Crippen LogP contribution < -0.4 is 0 Å². The van der Waals surface area contributed by atoms with E-state index in [1.165, 1.54) is 0 Å². The molecule has 0 aliphatic carbocycles. The van der Waals surface area contributed by atoms with E-state index in [0.29, 0.717) is 38.4 Å². The number of benzene rings is 1. The van der Waals surface area contributed by atoms with Gasteiger partial charge in [-0.1, -0.05) is 6.07 Å². The summed E-state index contributed by atoms with van der Waals surface area (Å²) in [6, 6.07) is 3.75.